The van der Waals surface area contributed by atoms with Crippen molar-refractivity contribution in [3.8, 4) is 0 Å². The zero-order valence-electron chi connectivity index (χ0n) is 11.2. The summed E-state index contributed by atoms with van der Waals surface area (Å²) < 4.78 is 0. The molecule has 0 aromatic rings. The summed E-state index contributed by atoms with van der Waals surface area (Å²) >= 11 is 0. The van der Waals surface area contributed by atoms with Gasteiger partial charge in [-0.1, -0.05) is 13.3 Å². The van der Waals surface area contributed by atoms with Gasteiger partial charge in [0.25, 0.3) is 0 Å². The van der Waals surface area contributed by atoms with Crippen molar-refractivity contribution in [3.05, 3.63) is 0 Å². The number of hydrogen-bond donors (Lipinski definition) is 1. The van der Waals surface area contributed by atoms with Crippen LogP contribution in [-0.4, -0.2) is 36.6 Å². The van der Waals surface area contributed by atoms with Crippen LogP contribution in [0.3, 0.4) is 0 Å². The Morgan fingerprint density at radius 2 is 1.88 bits per heavy atom. The summed E-state index contributed by atoms with van der Waals surface area (Å²) in [6.45, 7) is 5.96. The Morgan fingerprint density at radius 3 is 2.50 bits per heavy atom. The summed E-state index contributed by atoms with van der Waals surface area (Å²) in [5.41, 5.74) is 0. The topological polar surface area (TPSA) is 15.3 Å². The largest absolute Gasteiger partial charge is 0.311 e. The second-order valence-electron chi connectivity index (χ2n) is 6.00. The maximum absolute atomic E-state index is 3.91. The van der Waals surface area contributed by atoms with Crippen LogP contribution in [0.15, 0.2) is 0 Å². The average Bonchev–Trinajstić information content (AvgIpc) is 2.71. The molecule has 0 spiro atoms. The van der Waals surface area contributed by atoms with Crippen LogP contribution in [0.4, 0.5) is 0 Å². The van der Waals surface area contributed by atoms with E-state index in [4.69, 9.17) is 0 Å². The fourth-order valence-corrected chi connectivity index (χ4v) is 3.37. The number of nitrogens with one attached hydrogen (secondary N) is 1. The van der Waals surface area contributed by atoms with Crippen molar-refractivity contribution in [2.45, 2.75) is 70.5 Å². The van der Waals surface area contributed by atoms with Gasteiger partial charge in [-0.05, 0) is 58.5 Å². The van der Waals surface area contributed by atoms with Gasteiger partial charge in [-0.2, -0.15) is 0 Å². The van der Waals surface area contributed by atoms with Gasteiger partial charge in [0.2, 0.25) is 0 Å². The minimum Gasteiger partial charge on any atom is -0.311 e. The molecule has 4 unspecified atom stereocenters. The van der Waals surface area contributed by atoms with Gasteiger partial charge in [0, 0.05) is 18.1 Å². The maximum Gasteiger partial charge on any atom is 0.00966 e. The number of rotatable bonds is 3. The van der Waals surface area contributed by atoms with Crippen LogP contribution in [0.5, 0.6) is 0 Å². The molecule has 2 heteroatoms. The van der Waals surface area contributed by atoms with Gasteiger partial charge in [0.15, 0.2) is 0 Å². The Balaban J connectivity index is 1.74. The van der Waals surface area contributed by atoms with E-state index in [1.807, 2.05) is 0 Å². The fourth-order valence-electron chi connectivity index (χ4n) is 3.37. The summed E-state index contributed by atoms with van der Waals surface area (Å²) in [5.74, 6) is 1.00. The van der Waals surface area contributed by atoms with Crippen molar-refractivity contribution in [2.24, 2.45) is 5.92 Å². The Bertz CT molecular complexity index is 217. The maximum atomic E-state index is 3.91. The molecule has 94 valence electrons. The van der Waals surface area contributed by atoms with E-state index in [1.54, 1.807) is 0 Å². The molecule has 2 fully saturated rings. The Hall–Kier alpha value is -0.0800. The number of likely N-dealkylation sites (tertiary alicyclic amines) is 1. The van der Waals surface area contributed by atoms with Gasteiger partial charge in [0.05, 0.1) is 0 Å². The smallest absolute Gasteiger partial charge is 0.00966 e. The van der Waals surface area contributed by atoms with Crippen molar-refractivity contribution in [2.75, 3.05) is 13.6 Å². The first-order valence-corrected chi connectivity index (χ1v) is 7.15. The van der Waals surface area contributed by atoms with Gasteiger partial charge in [-0.3, -0.25) is 0 Å². The Morgan fingerprint density at radius 1 is 1.12 bits per heavy atom. The lowest BCUT2D eigenvalue weighted by Crippen LogP contribution is -2.48. The van der Waals surface area contributed by atoms with E-state index in [0.717, 1.165) is 24.0 Å². The van der Waals surface area contributed by atoms with Gasteiger partial charge in [-0.15, -0.1) is 0 Å². The monoisotopic (exact) mass is 224 g/mol. The molecular formula is C14H28N2. The normalized spacial score (nSPS) is 41.4. The molecule has 2 aliphatic rings. The lowest BCUT2D eigenvalue weighted by Gasteiger charge is -2.36. The van der Waals surface area contributed by atoms with Crippen molar-refractivity contribution >= 4 is 0 Å². The van der Waals surface area contributed by atoms with Crippen LogP contribution < -0.4 is 5.32 Å². The van der Waals surface area contributed by atoms with Crippen LogP contribution >= 0.6 is 0 Å². The molecule has 16 heavy (non-hydrogen) atoms. The van der Waals surface area contributed by atoms with Crippen LogP contribution in [0.1, 0.15) is 52.4 Å². The molecule has 2 nitrogen and oxygen atoms in total. The lowest BCUT2D eigenvalue weighted by atomic mass is 9.97. The van der Waals surface area contributed by atoms with Crippen LogP contribution in [0.25, 0.3) is 0 Å². The number of nitrogens with zero attached hydrogens (tertiary/aromatic N) is 1. The average molecular weight is 224 g/mol. The number of hydrogen-bond acceptors (Lipinski definition) is 2. The molecule has 0 aromatic heterocycles. The quantitative estimate of drug-likeness (QED) is 0.793. The van der Waals surface area contributed by atoms with Crippen molar-refractivity contribution in [3.63, 3.8) is 0 Å². The lowest BCUT2D eigenvalue weighted by molar-refractivity contribution is 0.162. The summed E-state index contributed by atoms with van der Waals surface area (Å²) in [5, 5.41) is 3.91. The highest BCUT2D eigenvalue weighted by Crippen LogP contribution is 2.29. The summed E-state index contributed by atoms with van der Waals surface area (Å²) in [7, 11) is 2.25. The molecule has 1 aliphatic carbocycles. The molecule has 2 rings (SSSR count). The first-order chi connectivity index (χ1) is 7.69. The van der Waals surface area contributed by atoms with Gasteiger partial charge in [-0.25, -0.2) is 0 Å². The third kappa shape index (κ3) is 2.98. The van der Waals surface area contributed by atoms with Gasteiger partial charge >= 0.3 is 0 Å². The van der Waals surface area contributed by atoms with E-state index in [9.17, 15) is 0 Å². The third-order valence-electron chi connectivity index (χ3n) is 4.80. The standard InChI is InChI=1S/C14H28N2/c1-4-12-5-6-13(10-12)15-14-7-8-16(3)11(2)9-14/h11-15H,4-10H2,1-3H3. The Labute approximate surface area is 101 Å². The zero-order valence-corrected chi connectivity index (χ0v) is 11.2. The predicted octanol–water partition coefficient (Wildman–Crippen LogP) is 2.64. The fraction of sp³-hybridized carbons (Fsp3) is 1.00. The minimum atomic E-state index is 0.759. The van der Waals surface area contributed by atoms with Crippen LogP contribution in [0.2, 0.25) is 0 Å². The SMILES string of the molecule is CCC1CCC(NC2CCN(C)C(C)C2)C1. The first kappa shape index (κ1) is 12.4. The highest BCUT2D eigenvalue weighted by atomic mass is 15.1. The molecule has 1 saturated heterocycles. The van der Waals surface area contributed by atoms with Crippen LogP contribution in [0, 0.1) is 5.92 Å². The van der Waals surface area contributed by atoms with E-state index in [0.29, 0.717) is 0 Å². The molecule has 1 saturated carbocycles. The highest BCUT2D eigenvalue weighted by molar-refractivity contribution is 4.87. The van der Waals surface area contributed by atoms with Gasteiger partial charge < -0.3 is 10.2 Å². The van der Waals surface area contributed by atoms with E-state index in [1.165, 1.54) is 45.1 Å². The minimum absolute atomic E-state index is 0.759. The van der Waals surface area contributed by atoms with Crippen molar-refractivity contribution in [1.82, 2.24) is 10.2 Å². The molecule has 0 radical (unpaired) electrons. The van der Waals surface area contributed by atoms with E-state index < -0.39 is 0 Å². The zero-order chi connectivity index (χ0) is 11.5. The molecule has 1 aliphatic heterocycles. The second kappa shape index (κ2) is 5.50. The molecule has 1 heterocycles. The molecule has 4 atom stereocenters. The molecule has 0 bridgehead atoms. The van der Waals surface area contributed by atoms with Gasteiger partial charge in [0.1, 0.15) is 0 Å². The van der Waals surface area contributed by atoms with E-state index >= 15 is 0 Å². The molecule has 1 N–H and O–H groups in total. The van der Waals surface area contributed by atoms with Crippen molar-refractivity contribution in [1.29, 1.82) is 0 Å². The molecule has 0 aromatic carbocycles. The third-order valence-corrected chi connectivity index (χ3v) is 4.80. The van der Waals surface area contributed by atoms with Crippen molar-refractivity contribution < 1.29 is 0 Å². The number of piperidine rings is 1. The predicted molar refractivity (Wildman–Crippen MR) is 69.7 cm³/mol. The van der Waals surface area contributed by atoms with E-state index in [-0.39, 0.29) is 0 Å². The molecule has 0 amide bonds. The molecular weight excluding hydrogens is 196 g/mol. The van der Waals surface area contributed by atoms with Crippen LogP contribution in [-0.2, 0) is 0 Å². The summed E-state index contributed by atoms with van der Waals surface area (Å²) in [4.78, 5) is 2.49. The first-order valence-electron chi connectivity index (χ1n) is 7.15. The van der Waals surface area contributed by atoms with E-state index in [2.05, 4.69) is 31.1 Å². The summed E-state index contributed by atoms with van der Waals surface area (Å²) in [6.07, 6.45) is 8.35. The highest BCUT2D eigenvalue weighted by Gasteiger charge is 2.28. The summed E-state index contributed by atoms with van der Waals surface area (Å²) in [6, 6.07) is 2.37. The second-order valence-corrected chi connectivity index (χ2v) is 6.00. The Kier molecular flexibility index (Phi) is 4.26.